The van der Waals surface area contributed by atoms with E-state index in [9.17, 15) is 4.79 Å². The van der Waals surface area contributed by atoms with Crippen molar-refractivity contribution in [1.82, 2.24) is 15.5 Å². The van der Waals surface area contributed by atoms with Gasteiger partial charge in [0.2, 0.25) is 5.91 Å². The first kappa shape index (κ1) is 24.5. The van der Waals surface area contributed by atoms with Crippen LogP contribution in [0.2, 0.25) is 0 Å². The molecule has 0 bridgehead atoms. The van der Waals surface area contributed by atoms with Crippen LogP contribution in [-0.2, 0) is 10.2 Å². The molecule has 2 N–H and O–H groups in total. The highest BCUT2D eigenvalue weighted by Crippen LogP contribution is 2.24. The van der Waals surface area contributed by atoms with E-state index in [4.69, 9.17) is 4.74 Å². The van der Waals surface area contributed by atoms with Crippen LogP contribution in [0, 0.1) is 0 Å². The van der Waals surface area contributed by atoms with Crippen LogP contribution in [0.3, 0.4) is 0 Å². The van der Waals surface area contributed by atoms with E-state index < -0.39 is 0 Å². The van der Waals surface area contributed by atoms with E-state index in [2.05, 4.69) is 48.5 Å². The number of amides is 1. The van der Waals surface area contributed by atoms with Gasteiger partial charge < -0.3 is 20.3 Å². The molecule has 0 aliphatic heterocycles. The molecule has 148 valence electrons. The van der Waals surface area contributed by atoms with Crippen LogP contribution in [0.1, 0.15) is 33.3 Å². The minimum absolute atomic E-state index is 0. The fourth-order valence-electron chi connectivity index (χ4n) is 2.02. The lowest BCUT2D eigenvalue weighted by Gasteiger charge is -2.19. The van der Waals surface area contributed by atoms with Crippen molar-refractivity contribution < 1.29 is 9.53 Å². The molecule has 0 atom stereocenters. The second-order valence-electron chi connectivity index (χ2n) is 7.03. The number of likely N-dealkylation sites (N-methyl/N-ethyl adjacent to an activating group) is 1. The van der Waals surface area contributed by atoms with Crippen molar-refractivity contribution in [3.05, 3.63) is 29.8 Å². The number of rotatable bonds is 7. The molecule has 26 heavy (non-hydrogen) atoms. The van der Waals surface area contributed by atoms with Crippen LogP contribution in [0.25, 0.3) is 0 Å². The van der Waals surface area contributed by atoms with Gasteiger partial charge in [-0.05, 0) is 30.0 Å². The maximum atomic E-state index is 11.6. The summed E-state index contributed by atoms with van der Waals surface area (Å²) in [7, 11) is 3.44. The summed E-state index contributed by atoms with van der Waals surface area (Å²) in [4.78, 5) is 17.4. The van der Waals surface area contributed by atoms with Crippen molar-refractivity contribution in [2.24, 2.45) is 4.99 Å². The summed E-state index contributed by atoms with van der Waals surface area (Å²) >= 11 is 0. The van der Waals surface area contributed by atoms with E-state index in [0.717, 1.165) is 12.3 Å². The Morgan fingerprint density at radius 2 is 1.77 bits per heavy atom. The highest BCUT2D eigenvalue weighted by atomic mass is 127. The summed E-state index contributed by atoms with van der Waals surface area (Å²) in [5.74, 6) is 1.43. The van der Waals surface area contributed by atoms with Crippen molar-refractivity contribution >= 4 is 35.8 Å². The quantitative estimate of drug-likeness (QED) is 0.275. The number of carbonyl (C=O) groups excluding carboxylic acids is 1. The summed E-state index contributed by atoms with van der Waals surface area (Å²) in [6, 6.07) is 8.19. The third-order valence-electron chi connectivity index (χ3n) is 3.60. The maximum Gasteiger partial charge on any atom is 0.243 e. The maximum absolute atomic E-state index is 11.6. The molecule has 1 aromatic rings. The summed E-state index contributed by atoms with van der Waals surface area (Å²) in [5, 5.41) is 6.28. The summed E-state index contributed by atoms with van der Waals surface area (Å²) < 4.78 is 5.75. The number of ether oxygens (including phenoxy) is 1. The molecule has 0 saturated heterocycles. The molecule has 1 amide bonds. The van der Waals surface area contributed by atoms with Gasteiger partial charge in [-0.2, -0.15) is 0 Å². The predicted molar refractivity (Wildman–Crippen MR) is 119 cm³/mol. The van der Waals surface area contributed by atoms with Crippen molar-refractivity contribution in [3.8, 4) is 5.75 Å². The molecular weight excluding hydrogens is 443 g/mol. The number of nitrogens with one attached hydrogen (secondary N) is 2. The van der Waals surface area contributed by atoms with E-state index in [1.54, 1.807) is 14.1 Å². The molecule has 0 spiro atoms. The molecular formula is C19H33IN4O2. The number of halogens is 1. The molecule has 0 aliphatic rings. The predicted octanol–water partition coefficient (Wildman–Crippen LogP) is 2.62. The molecule has 0 radical (unpaired) electrons. The van der Waals surface area contributed by atoms with Gasteiger partial charge in [0.25, 0.3) is 0 Å². The van der Waals surface area contributed by atoms with E-state index in [0.29, 0.717) is 19.1 Å². The zero-order chi connectivity index (χ0) is 18.9. The number of hydrogen-bond acceptors (Lipinski definition) is 3. The smallest absolute Gasteiger partial charge is 0.243 e. The van der Waals surface area contributed by atoms with Crippen LogP contribution in [0.15, 0.2) is 29.3 Å². The average Bonchev–Trinajstić information content (AvgIpc) is 2.55. The molecule has 0 saturated carbocycles. The molecule has 1 aromatic carbocycles. The Kier molecular flexibility index (Phi) is 11.3. The molecule has 7 heteroatoms. The molecule has 1 rings (SSSR count). The van der Waals surface area contributed by atoms with Gasteiger partial charge in [-0.1, -0.05) is 32.9 Å². The highest BCUT2D eigenvalue weighted by molar-refractivity contribution is 14.0. The Morgan fingerprint density at radius 3 is 2.27 bits per heavy atom. The van der Waals surface area contributed by atoms with Gasteiger partial charge >= 0.3 is 0 Å². The number of aliphatic imine (C=N–C) groups is 1. The Hall–Kier alpha value is -1.51. The number of hydrogen-bond donors (Lipinski definition) is 2. The summed E-state index contributed by atoms with van der Waals surface area (Å²) in [5.41, 5.74) is 1.42. The zero-order valence-corrected chi connectivity index (χ0v) is 19.1. The topological polar surface area (TPSA) is 66.0 Å². The summed E-state index contributed by atoms with van der Waals surface area (Å²) in [6.45, 7) is 10.5. The van der Waals surface area contributed by atoms with E-state index >= 15 is 0 Å². The Labute approximate surface area is 174 Å². The summed E-state index contributed by atoms with van der Waals surface area (Å²) in [6.07, 6.45) is 0. The first-order valence-electron chi connectivity index (χ1n) is 8.69. The van der Waals surface area contributed by atoms with Crippen LogP contribution < -0.4 is 15.4 Å². The fourth-order valence-corrected chi connectivity index (χ4v) is 2.02. The fraction of sp³-hybridized carbons (Fsp3) is 0.579. The van der Waals surface area contributed by atoms with Gasteiger partial charge in [0, 0.05) is 20.6 Å². The van der Waals surface area contributed by atoms with Gasteiger partial charge in [0.15, 0.2) is 5.96 Å². The van der Waals surface area contributed by atoms with Crippen molar-refractivity contribution in [3.63, 3.8) is 0 Å². The Morgan fingerprint density at radius 1 is 1.15 bits per heavy atom. The number of nitrogens with zero attached hydrogens (tertiary/aromatic N) is 2. The van der Waals surface area contributed by atoms with Gasteiger partial charge in [0.05, 0.1) is 6.54 Å². The molecule has 0 fully saturated rings. The third-order valence-corrected chi connectivity index (χ3v) is 3.60. The number of benzene rings is 1. The first-order valence-corrected chi connectivity index (χ1v) is 8.69. The largest absolute Gasteiger partial charge is 0.492 e. The SMILES string of the molecule is CCNC(=NCC(=O)N(C)C)NCCOc1ccc(C(C)(C)C)cc1.I. The van der Waals surface area contributed by atoms with Crippen molar-refractivity contribution in [1.29, 1.82) is 0 Å². The second-order valence-corrected chi connectivity index (χ2v) is 7.03. The van der Waals surface area contributed by atoms with Gasteiger partial charge in [-0.3, -0.25) is 4.79 Å². The molecule has 0 unspecified atom stereocenters. The van der Waals surface area contributed by atoms with Gasteiger partial charge in [-0.25, -0.2) is 4.99 Å². The minimum Gasteiger partial charge on any atom is -0.492 e. The average molecular weight is 476 g/mol. The lowest BCUT2D eigenvalue weighted by Crippen LogP contribution is -2.40. The van der Waals surface area contributed by atoms with Crippen LogP contribution in [-0.4, -0.2) is 57.1 Å². The molecule has 0 aliphatic carbocycles. The zero-order valence-electron chi connectivity index (χ0n) is 16.8. The first-order chi connectivity index (χ1) is 11.7. The van der Waals surface area contributed by atoms with Gasteiger partial charge in [-0.15, -0.1) is 24.0 Å². The van der Waals surface area contributed by atoms with Crippen LogP contribution in [0.4, 0.5) is 0 Å². The lowest BCUT2D eigenvalue weighted by atomic mass is 9.87. The molecule has 6 nitrogen and oxygen atoms in total. The molecule has 0 aromatic heterocycles. The number of guanidine groups is 1. The van der Waals surface area contributed by atoms with Crippen molar-refractivity contribution in [2.75, 3.05) is 40.3 Å². The lowest BCUT2D eigenvalue weighted by molar-refractivity contribution is -0.127. The van der Waals surface area contributed by atoms with E-state index in [-0.39, 0.29) is 41.8 Å². The molecule has 0 heterocycles. The third kappa shape index (κ3) is 9.26. The standard InChI is InChI=1S/C19H32N4O2.HI/c1-7-20-18(22-14-17(24)23(5)6)21-12-13-25-16-10-8-15(9-11-16)19(2,3)4;/h8-11H,7,12-14H2,1-6H3,(H2,20,21,22);1H. The number of carbonyl (C=O) groups is 1. The van der Waals surface area contributed by atoms with Crippen LogP contribution >= 0.6 is 24.0 Å². The highest BCUT2D eigenvalue weighted by Gasteiger charge is 2.12. The van der Waals surface area contributed by atoms with E-state index in [1.807, 2.05) is 19.1 Å². The monoisotopic (exact) mass is 476 g/mol. The Bertz CT molecular complexity index is 566. The van der Waals surface area contributed by atoms with Crippen molar-refractivity contribution in [2.45, 2.75) is 33.1 Å². The van der Waals surface area contributed by atoms with Crippen LogP contribution in [0.5, 0.6) is 5.75 Å². The normalized spacial score (nSPS) is 11.4. The second kappa shape index (κ2) is 12.0. The Balaban J connectivity index is 0.00000625. The van der Waals surface area contributed by atoms with Gasteiger partial charge in [0.1, 0.15) is 18.9 Å². The van der Waals surface area contributed by atoms with E-state index in [1.165, 1.54) is 10.5 Å². The minimum atomic E-state index is -0.0348.